The number of imide groups is 2. The van der Waals surface area contributed by atoms with Gasteiger partial charge in [-0.05, 0) is 50.3 Å². The van der Waals surface area contributed by atoms with Gasteiger partial charge in [0.1, 0.15) is 22.8 Å². The van der Waals surface area contributed by atoms with Crippen LogP contribution in [0.4, 0.5) is 10.5 Å². The number of urea groups is 1. The van der Waals surface area contributed by atoms with Crippen molar-refractivity contribution in [3.63, 3.8) is 0 Å². The first-order valence-corrected chi connectivity index (χ1v) is 9.06. The van der Waals surface area contributed by atoms with Crippen LogP contribution < -0.4 is 19.7 Å². The molecule has 1 N–H and O–H groups in total. The molecule has 0 unspecified atom stereocenters. The molecule has 150 valence electrons. The molecular weight excluding hydrogens is 376 g/mol. The van der Waals surface area contributed by atoms with E-state index in [1.807, 2.05) is 6.92 Å². The van der Waals surface area contributed by atoms with Crippen molar-refractivity contribution in [2.75, 3.05) is 18.1 Å². The van der Waals surface area contributed by atoms with Gasteiger partial charge < -0.3 is 13.9 Å². The number of ether oxygens (including phenoxy) is 2. The van der Waals surface area contributed by atoms with E-state index in [0.717, 1.165) is 4.90 Å². The lowest BCUT2D eigenvalue weighted by Crippen LogP contribution is -2.54. The SMILES string of the molecule is CCOc1ccc(OCC)c(N2C(=O)NC(=O)/C(=C/C=C/c3ccco3)C2=O)c1. The molecule has 8 heteroatoms. The molecule has 29 heavy (non-hydrogen) atoms. The van der Waals surface area contributed by atoms with Gasteiger partial charge in [0, 0.05) is 6.07 Å². The third kappa shape index (κ3) is 4.37. The van der Waals surface area contributed by atoms with Crippen LogP contribution in [0.15, 0.2) is 58.7 Å². The smallest absolute Gasteiger partial charge is 0.336 e. The quantitative estimate of drug-likeness (QED) is 0.570. The molecule has 1 fully saturated rings. The van der Waals surface area contributed by atoms with Gasteiger partial charge in [-0.25, -0.2) is 9.69 Å². The summed E-state index contributed by atoms with van der Waals surface area (Å²) in [5, 5.41) is 2.18. The number of benzene rings is 1. The highest BCUT2D eigenvalue weighted by Crippen LogP contribution is 2.34. The average Bonchev–Trinajstić information content (AvgIpc) is 3.20. The van der Waals surface area contributed by atoms with Crippen LogP contribution in [-0.4, -0.2) is 31.1 Å². The van der Waals surface area contributed by atoms with Gasteiger partial charge in [0.2, 0.25) is 0 Å². The monoisotopic (exact) mass is 396 g/mol. The van der Waals surface area contributed by atoms with Crippen molar-refractivity contribution in [3.8, 4) is 11.5 Å². The van der Waals surface area contributed by atoms with Gasteiger partial charge in [0.15, 0.2) is 0 Å². The van der Waals surface area contributed by atoms with Crippen LogP contribution in [0.5, 0.6) is 11.5 Å². The number of rotatable bonds is 7. The molecule has 2 heterocycles. The molecule has 0 saturated carbocycles. The van der Waals surface area contributed by atoms with E-state index in [4.69, 9.17) is 13.9 Å². The highest BCUT2D eigenvalue weighted by atomic mass is 16.5. The van der Waals surface area contributed by atoms with Gasteiger partial charge in [-0.1, -0.05) is 6.08 Å². The van der Waals surface area contributed by atoms with Crippen molar-refractivity contribution < 1.29 is 28.3 Å². The zero-order valence-corrected chi connectivity index (χ0v) is 16.0. The van der Waals surface area contributed by atoms with E-state index >= 15 is 0 Å². The first-order valence-electron chi connectivity index (χ1n) is 9.06. The summed E-state index contributed by atoms with van der Waals surface area (Å²) in [5.74, 6) is -0.204. The number of carbonyl (C=O) groups is 3. The zero-order chi connectivity index (χ0) is 20.8. The minimum atomic E-state index is -0.859. The summed E-state index contributed by atoms with van der Waals surface area (Å²) < 4.78 is 16.2. The van der Waals surface area contributed by atoms with Gasteiger partial charge in [-0.3, -0.25) is 14.9 Å². The van der Waals surface area contributed by atoms with E-state index in [0.29, 0.717) is 30.5 Å². The largest absolute Gasteiger partial charge is 0.494 e. The summed E-state index contributed by atoms with van der Waals surface area (Å²) in [6, 6.07) is 7.40. The molecule has 1 saturated heterocycles. The minimum Gasteiger partial charge on any atom is -0.494 e. The maximum Gasteiger partial charge on any atom is 0.336 e. The molecule has 3 rings (SSSR count). The van der Waals surface area contributed by atoms with Crippen molar-refractivity contribution in [1.29, 1.82) is 0 Å². The number of carbonyl (C=O) groups excluding carboxylic acids is 3. The van der Waals surface area contributed by atoms with Gasteiger partial charge in [0.05, 0.1) is 25.2 Å². The van der Waals surface area contributed by atoms with Crippen LogP contribution in [0, 0.1) is 0 Å². The van der Waals surface area contributed by atoms with E-state index in [9.17, 15) is 14.4 Å². The van der Waals surface area contributed by atoms with Crippen molar-refractivity contribution in [2.45, 2.75) is 13.8 Å². The lowest BCUT2D eigenvalue weighted by molar-refractivity contribution is -0.122. The molecular formula is C21H20N2O6. The fourth-order valence-electron chi connectivity index (χ4n) is 2.73. The standard InChI is InChI=1S/C21H20N2O6/c1-3-27-15-10-11-18(28-4-2)17(13-15)23-20(25)16(19(24)22-21(23)26)9-5-7-14-8-6-12-29-14/h5-13H,3-4H2,1-2H3,(H,22,24,26)/b7-5+,16-9-. The summed E-state index contributed by atoms with van der Waals surface area (Å²) in [5.41, 5.74) is -0.00891. The Hall–Kier alpha value is -3.81. The second-order valence-electron chi connectivity index (χ2n) is 5.85. The molecule has 1 aromatic carbocycles. The Morgan fingerprint density at radius 2 is 1.90 bits per heavy atom. The summed E-state index contributed by atoms with van der Waals surface area (Å²) in [6.07, 6.45) is 5.92. The van der Waals surface area contributed by atoms with Crippen LogP contribution in [0.2, 0.25) is 0 Å². The predicted molar refractivity (Wildman–Crippen MR) is 106 cm³/mol. The third-order valence-electron chi connectivity index (χ3n) is 3.95. The Labute approximate surface area is 167 Å². The van der Waals surface area contributed by atoms with Crippen molar-refractivity contribution in [2.24, 2.45) is 0 Å². The second kappa shape index (κ2) is 8.92. The summed E-state index contributed by atoms with van der Waals surface area (Å²) in [6.45, 7) is 4.35. The molecule has 0 spiro atoms. The van der Waals surface area contributed by atoms with E-state index in [-0.39, 0.29) is 11.3 Å². The molecule has 0 atom stereocenters. The maximum absolute atomic E-state index is 13.0. The third-order valence-corrected chi connectivity index (χ3v) is 3.95. The normalized spacial score (nSPS) is 15.9. The van der Waals surface area contributed by atoms with E-state index in [1.54, 1.807) is 37.3 Å². The number of nitrogens with one attached hydrogen (secondary N) is 1. The van der Waals surface area contributed by atoms with Gasteiger partial charge >= 0.3 is 6.03 Å². The zero-order valence-electron chi connectivity index (χ0n) is 16.0. The Morgan fingerprint density at radius 1 is 1.10 bits per heavy atom. The molecule has 1 aliphatic heterocycles. The van der Waals surface area contributed by atoms with Gasteiger partial charge in [-0.2, -0.15) is 0 Å². The highest BCUT2D eigenvalue weighted by Gasteiger charge is 2.38. The van der Waals surface area contributed by atoms with Crippen LogP contribution in [0.25, 0.3) is 6.08 Å². The molecule has 2 aromatic rings. The molecule has 0 bridgehead atoms. The van der Waals surface area contributed by atoms with Crippen molar-refractivity contribution >= 4 is 29.6 Å². The summed E-state index contributed by atoms with van der Waals surface area (Å²) >= 11 is 0. The minimum absolute atomic E-state index is 0.189. The number of barbiturate groups is 1. The van der Waals surface area contributed by atoms with Crippen LogP contribution in [0.1, 0.15) is 19.6 Å². The molecule has 1 aliphatic rings. The van der Waals surface area contributed by atoms with E-state index in [1.165, 1.54) is 24.5 Å². The van der Waals surface area contributed by atoms with Gasteiger partial charge in [0.25, 0.3) is 11.8 Å². The first kappa shape index (κ1) is 19.9. The Bertz CT molecular complexity index is 975. The number of hydrogen-bond acceptors (Lipinski definition) is 6. The molecule has 1 aromatic heterocycles. The first-order chi connectivity index (χ1) is 14.0. The Balaban J connectivity index is 1.98. The number of nitrogens with zero attached hydrogens (tertiary/aromatic N) is 1. The number of hydrogen-bond donors (Lipinski definition) is 1. The fraction of sp³-hybridized carbons (Fsp3) is 0.190. The van der Waals surface area contributed by atoms with E-state index < -0.39 is 17.8 Å². The van der Waals surface area contributed by atoms with Crippen molar-refractivity contribution in [1.82, 2.24) is 5.32 Å². The van der Waals surface area contributed by atoms with Crippen LogP contribution in [0.3, 0.4) is 0 Å². The van der Waals surface area contributed by atoms with Crippen LogP contribution >= 0.6 is 0 Å². The number of amides is 4. The Morgan fingerprint density at radius 3 is 2.59 bits per heavy atom. The topological polar surface area (TPSA) is 98.1 Å². The second-order valence-corrected chi connectivity index (χ2v) is 5.85. The van der Waals surface area contributed by atoms with Crippen molar-refractivity contribution in [3.05, 3.63) is 60.1 Å². The average molecular weight is 396 g/mol. The number of furan rings is 1. The molecule has 8 nitrogen and oxygen atoms in total. The van der Waals surface area contributed by atoms with E-state index in [2.05, 4.69) is 5.32 Å². The highest BCUT2D eigenvalue weighted by molar-refractivity contribution is 6.38. The summed E-state index contributed by atoms with van der Waals surface area (Å²) in [7, 11) is 0. The number of allylic oxidation sites excluding steroid dienone is 2. The fourth-order valence-corrected chi connectivity index (χ4v) is 2.73. The Kier molecular flexibility index (Phi) is 6.13. The van der Waals surface area contributed by atoms with Gasteiger partial charge in [-0.15, -0.1) is 0 Å². The number of anilines is 1. The molecule has 4 amide bonds. The maximum atomic E-state index is 13.0. The summed E-state index contributed by atoms with van der Waals surface area (Å²) in [4.78, 5) is 38.5. The lowest BCUT2D eigenvalue weighted by Gasteiger charge is -2.28. The molecule has 0 radical (unpaired) electrons. The van der Waals surface area contributed by atoms with Crippen LogP contribution in [-0.2, 0) is 9.59 Å². The molecule has 0 aliphatic carbocycles. The predicted octanol–water partition coefficient (Wildman–Crippen LogP) is 3.30. The lowest BCUT2D eigenvalue weighted by atomic mass is 10.1.